The van der Waals surface area contributed by atoms with Gasteiger partial charge in [0.15, 0.2) is 0 Å². The van der Waals surface area contributed by atoms with Crippen molar-refractivity contribution in [3.8, 4) is 11.4 Å². The lowest BCUT2D eigenvalue weighted by Gasteiger charge is -2.23. The summed E-state index contributed by atoms with van der Waals surface area (Å²) in [6.45, 7) is 4.47. The third-order valence-electron chi connectivity index (χ3n) is 5.36. The Morgan fingerprint density at radius 2 is 2.08 bits per heavy atom. The smallest absolute Gasteiger partial charge is 0.250 e. The Hall–Kier alpha value is -2.66. The maximum absolute atomic E-state index is 11.6. The third kappa shape index (κ3) is 3.10. The van der Waals surface area contributed by atoms with Gasteiger partial charge in [-0.2, -0.15) is 0 Å². The second-order valence-electron chi connectivity index (χ2n) is 7.02. The van der Waals surface area contributed by atoms with Crippen molar-refractivity contribution in [1.82, 2.24) is 14.9 Å². The first-order valence-electron chi connectivity index (χ1n) is 9.27. The molecule has 5 heteroatoms. The number of aromatic nitrogens is 2. The predicted molar refractivity (Wildman–Crippen MR) is 104 cm³/mol. The van der Waals surface area contributed by atoms with Crippen LogP contribution in [0.3, 0.4) is 0 Å². The Morgan fingerprint density at radius 3 is 2.81 bits per heavy atom. The molecule has 3 N–H and O–H groups in total. The zero-order valence-electron chi connectivity index (χ0n) is 15.0. The fraction of sp³-hybridized carbons (Fsp3) is 0.333. The van der Waals surface area contributed by atoms with E-state index in [0.29, 0.717) is 11.1 Å². The van der Waals surface area contributed by atoms with E-state index in [9.17, 15) is 4.79 Å². The Morgan fingerprint density at radius 1 is 1.27 bits per heavy atom. The number of aromatic amines is 1. The summed E-state index contributed by atoms with van der Waals surface area (Å²) in [6, 6.07) is 14.7. The number of rotatable bonds is 5. The van der Waals surface area contributed by atoms with Crippen LogP contribution in [0.15, 0.2) is 42.5 Å². The molecule has 1 amide bonds. The average molecular weight is 348 g/mol. The van der Waals surface area contributed by atoms with Crippen LogP contribution in [0.25, 0.3) is 22.4 Å². The molecule has 1 fully saturated rings. The molecule has 1 saturated heterocycles. The lowest BCUT2D eigenvalue weighted by Crippen LogP contribution is -2.28. The number of para-hydroxylation sites is 1. The summed E-state index contributed by atoms with van der Waals surface area (Å²) in [5.41, 5.74) is 9.68. The molecule has 0 spiro atoms. The Balaban J connectivity index is 1.58. The Kier molecular flexibility index (Phi) is 4.47. The molecular weight excluding hydrogens is 324 g/mol. The summed E-state index contributed by atoms with van der Waals surface area (Å²) < 4.78 is 0. The minimum atomic E-state index is -0.458. The average Bonchev–Trinajstić information content (AvgIpc) is 3.28. The van der Waals surface area contributed by atoms with Crippen molar-refractivity contribution in [3.05, 3.63) is 53.6 Å². The lowest BCUT2D eigenvalue weighted by molar-refractivity contribution is 0.100. The highest BCUT2D eigenvalue weighted by Crippen LogP contribution is 2.25. The first-order chi connectivity index (χ1) is 12.7. The van der Waals surface area contributed by atoms with E-state index in [1.165, 1.54) is 31.4 Å². The zero-order chi connectivity index (χ0) is 18.1. The molecule has 1 unspecified atom stereocenters. The highest BCUT2D eigenvalue weighted by atomic mass is 16.1. The first kappa shape index (κ1) is 16.8. The van der Waals surface area contributed by atoms with Gasteiger partial charge in [-0.05, 0) is 43.5 Å². The molecular formula is C21H24N4O. The van der Waals surface area contributed by atoms with Crippen molar-refractivity contribution in [3.63, 3.8) is 0 Å². The zero-order valence-corrected chi connectivity index (χ0v) is 15.0. The van der Waals surface area contributed by atoms with Gasteiger partial charge in [-0.25, -0.2) is 4.98 Å². The largest absolute Gasteiger partial charge is 0.366 e. The van der Waals surface area contributed by atoms with Crippen LogP contribution in [-0.2, 0) is 6.54 Å². The summed E-state index contributed by atoms with van der Waals surface area (Å²) >= 11 is 0. The molecule has 0 radical (unpaired) electrons. The van der Waals surface area contributed by atoms with Gasteiger partial charge in [-0.1, -0.05) is 37.3 Å². The van der Waals surface area contributed by atoms with Crippen LogP contribution >= 0.6 is 0 Å². The third-order valence-corrected chi connectivity index (χ3v) is 5.36. The Bertz CT molecular complexity index is 929. The molecule has 3 aromatic rings. The van der Waals surface area contributed by atoms with Gasteiger partial charge >= 0.3 is 0 Å². The molecule has 4 rings (SSSR count). The summed E-state index contributed by atoms with van der Waals surface area (Å²) in [4.78, 5) is 22.0. The number of nitrogens with two attached hydrogens (primary N) is 1. The number of carbonyl (C=O) groups is 1. The molecule has 0 bridgehead atoms. The highest BCUT2D eigenvalue weighted by molar-refractivity contribution is 6.04. The topological polar surface area (TPSA) is 75.0 Å². The predicted octanol–water partition coefficient (Wildman–Crippen LogP) is 3.70. The minimum Gasteiger partial charge on any atom is -0.366 e. The van der Waals surface area contributed by atoms with Crippen molar-refractivity contribution in [2.45, 2.75) is 38.8 Å². The number of nitrogens with zero attached hydrogens (tertiary/aromatic N) is 2. The van der Waals surface area contributed by atoms with Crippen LogP contribution in [0.1, 0.15) is 42.1 Å². The van der Waals surface area contributed by atoms with Crippen LogP contribution in [0.2, 0.25) is 0 Å². The van der Waals surface area contributed by atoms with E-state index in [-0.39, 0.29) is 0 Å². The van der Waals surface area contributed by atoms with Crippen LogP contribution in [0, 0.1) is 0 Å². The SMILES string of the molecule is CCC1CCCN1Cc1ccc(-c2nc3c(C(N)=O)cccc3[nH]2)cc1. The molecule has 2 aromatic carbocycles. The van der Waals surface area contributed by atoms with E-state index in [1.54, 1.807) is 6.07 Å². The molecule has 1 aliphatic rings. The van der Waals surface area contributed by atoms with Crippen LogP contribution in [-0.4, -0.2) is 33.4 Å². The minimum absolute atomic E-state index is 0.446. The normalized spacial score (nSPS) is 17.8. The summed E-state index contributed by atoms with van der Waals surface area (Å²) in [6.07, 6.45) is 3.84. The molecule has 0 aliphatic carbocycles. The van der Waals surface area contributed by atoms with E-state index < -0.39 is 5.91 Å². The maximum atomic E-state index is 11.6. The van der Waals surface area contributed by atoms with Crippen LogP contribution in [0.4, 0.5) is 0 Å². The quantitative estimate of drug-likeness (QED) is 0.738. The number of hydrogen-bond donors (Lipinski definition) is 2. The van der Waals surface area contributed by atoms with E-state index in [0.717, 1.165) is 29.5 Å². The number of nitrogens with one attached hydrogen (secondary N) is 1. The first-order valence-corrected chi connectivity index (χ1v) is 9.27. The summed E-state index contributed by atoms with van der Waals surface area (Å²) in [5.74, 6) is 0.299. The summed E-state index contributed by atoms with van der Waals surface area (Å²) in [5, 5.41) is 0. The number of carbonyl (C=O) groups excluding carboxylic acids is 1. The number of primary amides is 1. The second-order valence-corrected chi connectivity index (χ2v) is 7.02. The number of hydrogen-bond acceptors (Lipinski definition) is 3. The lowest BCUT2D eigenvalue weighted by atomic mass is 10.1. The number of fused-ring (bicyclic) bond motifs is 1. The number of benzene rings is 2. The van der Waals surface area contributed by atoms with Gasteiger partial charge in [0.25, 0.3) is 5.91 Å². The Labute approximate surface area is 153 Å². The van der Waals surface area contributed by atoms with Gasteiger partial charge in [0.05, 0.1) is 11.1 Å². The van der Waals surface area contributed by atoms with Gasteiger partial charge in [-0.3, -0.25) is 9.69 Å². The fourth-order valence-corrected chi connectivity index (χ4v) is 3.94. The van der Waals surface area contributed by atoms with Gasteiger partial charge in [0.2, 0.25) is 0 Å². The van der Waals surface area contributed by atoms with Crippen molar-refractivity contribution < 1.29 is 4.79 Å². The molecule has 2 heterocycles. The number of imidazole rings is 1. The van der Waals surface area contributed by atoms with Crippen molar-refractivity contribution >= 4 is 16.9 Å². The van der Waals surface area contributed by atoms with Crippen molar-refractivity contribution in [2.75, 3.05) is 6.54 Å². The fourth-order valence-electron chi connectivity index (χ4n) is 3.94. The summed E-state index contributed by atoms with van der Waals surface area (Å²) in [7, 11) is 0. The van der Waals surface area contributed by atoms with Gasteiger partial charge in [0, 0.05) is 18.2 Å². The molecule has 134 valence electrons. The van der Waals surface area contributed by atoms with E-state index in [4.69, 9.17) is 5.73 Å². The monoisotopic (exact) mass is 348 g/mol. The number of likely N-dealkylation sites (tertiary alicyclic amines) is 1. The van der Waals surface area contributed by atoms with E-state index in [2.05, 4.69) is 46.1 Å². The van der Waals surface area contributed by atoms with Crippen LogP contribution < -0.4 is 5.73 Å². The van der Waals surface area contributed by atoms with Gasteiger partial charge < -0.3 is 10.7 Å². The molecule has 1 aliphatic heterocycles. The van der Waals surface area contributed by atoms with E-state index in [1.807, 2.05) is 12.1 Å². The van der Waals surface area contributed by atoms with Crippen LogP contribution in [0.5, 0.6) is 0 Å². The standard InChI is InChI=1S/C21H24N4O/c1-2-16-5-4-12-25(16)13-14-8-10-15(11-9-14)21-23-18-7-3-6-17(20(22)26)19(18)24-21/h3,6-11,16H,2,4-5,12-13H2,1H3,(H2,22,26)(H,23,24). The molecule has 5 nitrogen and oxygen atoms in total. The number of H-pyrrole nitrogens is 1. The highest BCUT2D eigenvalue weighted by Gasteiger charge is 2.22. The number of amides is 1. The maximum Gasteiger partial charge on any atom is 0.250 e. The molecule has 0 saturated carbocycles. The van der Waals surface area contributed by atoms with Crippen molar-refractivity contribution in [1.29, 1.82) is 0 Å². The van der Waals surface area contributed by atoms with E-state index >= 15 is 0 Å². The van der Waals surface area contributed by atoms with Gasteiger partial charge in [0.1, 0.15) is 11.3 Å². The molecule has 1 aromatic heterocycles. The van der Waals surface area contributed by atoms with Gasteiger partial charge in [-0.15, -0.1) is 0 Å². The molecule has 1 atom stereocenters. The second kappa shape index (κ2) is 6.92. The molecule has 26 heavy (non-hydrogen) atoms. The van der Waals surface area contributed by atoms with Crippen molar-refractivity contribution in [2.24, 2.45) is 5.73 Å².